The smallest absolute Gasteiger partial charge is 0.255 e. The molecule has 2 aromatic carbocycles. The van der Waals surface area contributed by atoms with Gasteiger partial charge in [0.25, 0.3) is 5.91 Å². The van der Waals surface area contributed by atoms with Crippen molar-refractivity contribution in [3.05, 3.63) is 84.6 Å². The second kappa shape index (κ2) is 10.1. The number of fused-ring (bicyclic) bond motifs is 2. The minimum Gasteiger partial charge on any atom is -0.352 e. The molecule has 6 aromatic rings. The van der Waals surface area contributed by atoms with Crippen molar-refractivity contribution in [3.8, 4) is 22.6 Å². The summed E-state index contributed by atoms with van der Waals surface area (Å²) < 4.78 is 15.3. The lowest BCUT2D eigenvalue weighted by Crippen LogP contribution is -2.44. The van der Waals surface area contributed by atoms with E-state index in [1.807, 2.05) is 18.2 Å². The van der Waals surface area contributed by atoms with Crippen LogP contribution in [0, 0.1) is 5.82 Å². The number of nitrogens with zero attached hydrogens (tertiary/aromatic N) is 6. The van der Waals surface area contributed by atoms with Crippen molar-refractivity contribution in [1.29, 1.82) is 0 Å². The molecule has 0 aliphatic carbocycles. The third-order valence-corrected chi connectivity index (χ3v) is 7.40. The fourth-order valence-electron chi connectivity index (χ4n) is 5.17. The SMILES string of the molecule is CN1CCN(c2nccc3[nH]c(-c4[nH]nc5c(F)cc(-c6cncc(NC(=O)c7ccccc7)c6)cc45)nc23)CC1. The molecule has 0 spiro atoms. The monoisotopic (exact) mass is 547 g/mol. The van der Waals surface area contributed by atoms with Crippen LogP contribution in [0.4, 0.5) is 15.9 Å². The van der Waals surface area contributed by atoms with E-state index in [4.69, 9.17) is 4.98 Å². The first-order valence-corrected chi connectivity index (χ1v) is 13.3. The number of halogens is 1. The van der Waals surface area contributed by atoms with Gasteiger partial charge >= 0.3 is 0 Å². The van der Waals surface area contributed by atoms with Gasteiger partial charge in [0.05, 0.1) is 17.4 Å². The number of amides is 1. The molecule has 0 radical (unpaired) electrons. The number of pyridine rings is 2. The van der Waals surface area contributed by atoms with E-state index < -0.39 is 5.82 Å². The van der Waals surface area contributed by atoms with Gasteiger partial charge < -0.3 is 20.1 Å². The maximum absolute atomic E-state index is 15.3. The van der Waals surface area contributed by atoms with Gasteiger partial charge in [-0.3, -0.25) is 14.9 Å². The summed E-state index contributed by atoms with van der Waals surface area (Å²) in [6, 6.07) is 15.8. The average Bonchev–Trinajstić information content (AvgIpc) is 3.63. The Kier molecular flexibility index (Phi) is 6.12. The van der Waals surface area contributed by atoms with Gasteiger partial charge in [0.2, 0.25) is 0 Å². The number of imidazole rings is 1. The van der Waals surface area contributed by atoms with Crippen molar-refractivity contribution in [1.82, 2.24) is 35.0 Å². The number of nitrogens with one attached hydrogen (secondary N) is 3. The summed E-state index contributed by atoms with van der Waals surface area (Å²) in [5, 5.41) is 10.7. The Labute approximate surface area is 234 Å². The molecule has 0 bridgehead atoms. The lowest BCUT2D eigenvalue weighted by Gasteiger charge is -2.33. The topological polar surface area (TPSA) is 119 Å². The summed E-state index contributed by atoms with van der Waals surface area (Å²) in [6.45, 7) is 3.64. The number of carbonyl (C=O) groups excluding carboxylic acids is 1. The van der Waals surface area contributed by atoms with Crippen LogP contribution in [0.1, 0.15) is 10.4 Å². The van der Waals surface area contributed by atoms with E-state index in [1.54, 1.807) is 48.9 Å². The van der Waals surface area contributed by atoms with Crippen LogP contribution < -0.4 is 10.2 Å². The molecule has 1 saturated heterocycles. The molecular formula is C30H26FN9O. The van der Waals surface area contributed by atoms with E-state index in [1.165, 1.54) is 6.07 Å². The molecule has 3 N–H and O–H groups in total. The quantitative estimate of drug-likeness (QED) is 0.286. The van der Waals surface area contributed by atoms with Crippen molar-refractivity contribution >= 4 is 39.3 Å². The van der Waals surface area contributed by atoms with Crippen molar-refractivity contribution in [2.24, 2.45) is 0 Å². The Morgan fingerprint density at radius 1 is 0.976 bits per heavy atom. The second-order valence-corrected chi connectivity index (χ2v) is 10.1. The standard InChI is InChI=1S/C30H26FN9O/c1-39-9-11-40(12-10-39)29-27-24(7-8-33-29)35-28(36-27)26-22-14-19(15-23(31)25(22)37-38-26)20-13-21(17-32-16-20)34-30(41)18-5-3-2-4-6-18/h2-8,13-17H,9-12H2,1H3,(H,34,41)(H,35,36)(H,37,38). The van der Waals surface area contributed by atoms with Gasteiger partial charge in [-0.1, -0.05) is 18.2 Å². The minimum absolute atomic E-state index is 0.211. The van der Waals surface area contributed by atoms with E-state index in [2.05, 4.69) is 47.3 Å². The molecule has 41 heavy (non-hydrogen) atoms. The number of aromatic nitrogens is 6. The fraction of sp³-hybridized carbons (Fsp3) is 0.167. The Morgan fingerprint density at radius 3 is 2.63 bits per heavy atom. The number of hydrogen-bond acceptors (Lipinski definition) is 7. The molecule has 4 aromatic heterocycles. The van der Waals surface area contributed by atoms with Gasteiger partial charge in [-0.15, -0.1) is 0 Å². The number of aromatic amines is 2. The number of H-pyrrole nitrogens is 2. The summed E-state index contributed by atoms with van der Waals surface area (Å²) in [5.74, 6) is 0.645. The molecule has 5 heterocycles. The van der Waals surface area contributed by atoms with Gasteiger partial charge in [0.15, 0.2) is 17.5 Å². The number of hydrogen-bond donors (Lipinski definition) is 3. The highest BCUT2D eigenvalue weighted by atomic mass is 19.1. The zero-order valence-corrected chi connectivity index (χ0v) is 22.2. The molecule has 10 nitrogen and oxygen atoms in total. The highest BCUT2D eigenvalue weighted by Crippen LogP contribution is 2.34. The lowest BCUT2D eigenvalue weighted by molar-refractivity contribution is 0.102. The number of carbonyl (C=O) groups is 1. The second-order valence-electron chi connectivity index (χ2n) is 10.1. The maximum Gasteiger partial charge on any atom is 0.255 e. The summed E-state index contributed by atoms with van der Waals surface area (Å²) in [6.07, 6.45) is 4.97. The van der Waals surface area contributed by atoms with Crippen molar-refractivity contribution in [2.75, 3.05) is 43.4 Å². The summed E-state index contributed by atoms with van der Waals surface area (Å²) in [4.78, 5) is 34.3. The summed E-state index contributed by atoms with van der Waals surface area (Å²) >= 11 is 0. The van der Waals surface area contributed by atoms with Crippen LogP contribution in [-0.2, 0) is 0 Å². The molecule has 1 amide bonds. The van der Waals surface area contributed by atoms with E-state index in [-0.39, 0.29) is 11.4 Å². The van der Waals surface area contributed by atoms with Gasteiger partial charge in [-0.25, -0.2) is 14.4 Å². The number of benzene rings is 2. The molecule has 7 rings (SSSR count). The van der Waals surface area contributed by atoms with Crippen LogP contribution >= 0.6 is 0 Å². The third kappa shape index (κ3) is 4.66. The number of anilines is 2. The van der Waals surface area contributed by atoms with E-state index in [0.29, 0.717) is 39.3 Å². The number of piperazine rings is 1. The van der Waals surface area contributed by atoms with Crippen LogP contribution in [0.25, 0.3) is 44.6 Å². The van der Waals surface area contributed by atoms with Crippen molar-refractivity contribution in [3.63, 3.8) is 0 Å². The number of likely N-dealkylation sites (N-methyl/N-ethyl adjacent to an activating group) is 1. The predicted octanol–water partition coefficient (Wildman–Crippen LogP) is 4.71. The van der Waals surface area contributed by atoms with Crippen molar-refractivity contribution < 1.29 is 9.18 Å². The van der Waals surface area contributed by atoms with Crippen LogP contribution in [-0.4, -0.2) is 74.2 Å². The zero-order valence-electron chi connectivity index (χ0n) is 22.2. The van der Waals surface area contributed by atoms with Gasteiger partial charge in [-0.2, -0.15) is 5.10 Å². The molecule has 1 aliphatic rings. The molecule has 11 heteroatoms. The van der Waals surface area contributed by atoms with Gasteiger partial charge in [-0.05, 0) is 49.0 Å². The van der Waals surface area contributed by atoms with Crippen LogP contribution in [0.2, 0.25) is 0 Å². The third-order valence-electron chi connectivity index (χ3n) is 7.40. The first-order valence-electron chi connectivity index (χ1n) is 13.3. The fourth-order valence-corrected chi connectivity index (χ4v) is 5.17. The Morgan fingerprint density at radius 2 is 1.80 bits per heavy atom. The molecule has 204 valence electrons. The van der Waals surface area contributed by atoms with Crippen LogP contribution in [0.3, 0.4) is 0 Å². The largest absolute Gasteiger partial charge is 0.352 e. The highest BCUT2D eigenvalue weighted by molar-refractivity contribution is 6.04. The minimum atomic E-state index is -0.477. The molecule has 1 aliphatic heterocycles. The van der Waals surface area contributed by atoms with Crippen LogP contribution in [0.15, 0.2) is 73.2 Å². The first kappa shape index (κ1) is 24.9. The van der Waals surface area contributed by atoms with E-state index >= 15 is 4.39 Å². The first-order chi connectivity index (χ1) is 20.0. The molecular weight excluding hydrogens is 521 g/mol. The van der Waals surface area contributed by atoms with E-state index in [0.717, 1.165) is 43.0 Å². The Balaban J connectivity index is 1.24. The van der Waals surface area contributed by atoms with Gasteiger partial charge in [0, 0.05) is 55.1 Å². The number of rotatable bonds is 5. The molecule has 1 fully saturated rings. The zero-order chi connectivity index (χ0) is 27.9. The molecule has 0 saturated carbocycles. The molecule has 0 atom stereocenters. The lowest BCUT2D eigenvalue weighted by atomic mass is 10.0. The van der Waals surface area contributed by atoms with Crippen molar-refractivity contribution in [2.45, 2.75) is 0 Å². The Bertz CT molecular complexity index is 1890. The normalized spacial score (nSPS) is 14.1. The predicted molar refractivity (Wildman–Crippen MR) is 156 cm³/mol. The van der Waals surface area contributed by atoms with E-state index in [9.17, 15) is 4.79 Å². The van der Waals surface area contributed by atoms with Gasteiger partial charge in [0.1, 0.15) is 16.7 Å². The highest BCUT2D eigenvalue weighted by Gasteiger charge is 2.22. The molecule has 0 unspecified atom stereocenters. The van der Waals surface area contributed by atoms with Crippen LogP contribution in [0.5, 0.6) is 0 Å². The summed E-state index contributed by atoms with van der Waals surface area (Å²) in [7, 11) is 2.11. The average molecular weight is 548 g/mol. The Hall–Kier alpha value is -5.16. The summed E-state index contributed by atoms with van der Waals surface area (Å²) in [5.41, 5.74) is 4.67. The maximum atomic E-state index is 15.3.